The third-order valence-electron chi connectivity index (χ3n) is 9.44. The van der Waals surface area contributed by atoms with Crippen LogP contribution in [0.4, 0.5) is 8.78 Å². The van der Waals surface area contributed by atoms with Gasteiger partial charge in [0.25, 0.3) is 0 Å². The number of allylic oxidation sites excluding steroid dienone is 4. The average molecular weight is 495 g/mol. The fourth-order valence-electron chi connectivity index (χ4n) is 8.08. The van der Waals surface area contributed by atoms with Gasteiger partial charge in [-0.05, 0) is 63.7 Å². The van der Waals surface area contributed by atoms with E-state index in [1.807, 2.05) is 0 Å². The van der Waals surface area contributed by atoms with Crippen molar-refractivity contribution in [2.24, 2.45) is 22.7 Å². The Bertz CT molecular complexity index is 1070. The Hall–Kier alpha value is -1.97. The number of Topliss-reactive ketones (excluding diaryl/α,β-unsaturated/α-hetero) is 1. The standard InChI is InChI=1S/C26H32F2O7/c1-13(29)33-12-20(32)26-21(34-22(2,3)35-26)10-15-16-9-18(27)17-8-14(30)6-7-23(17,4)25(16,28)19(31)11-24(15,26)5/h6-8,15-16,18-19,21,31H,9-12H2,1-5H3/t15-,16+,18+,19+,21-,23+,24+,25+,26-/m1/s1. The number of hydrogen-bond acceptors (Lipinski definition) is 7. The summed E-state index contributed by atoms with van der Waals surface area (Å²) in [5, 5.41) is 11.5. The van der Waals surface area contributed by atoms with E-state index in [0.717, 1.165) is 6.08 Å². The zero-order chi connectivity index (χ0) is 25.8. The summed E-state index contributed by atoms with van der Waals surface area (Å²) in [5.74, 6) is -4.23. The minimum atomic E-state index is -2.27. The van der Waals surface area contributed by atoms with Crippen LogP contribution in [0, 0.1) is 22.7 Å². The summed E-state index contributed by atoms with van der Waals surface area (Å²) in [5.41, 5.74) is -6.46. The van der Waals surface area contributed by atoms with Crippen LogP contribution in [0.2, 0.25) is 0 Å². The second-order valence-corrected chi connectivity index (χ2v) is 11.6. The molecule has 0 unspecified atom stereocenters. The molecule has 4 aliphatic carbocycles. The van der Waals surface area contributed by atoms with Gasteiger partial charge in [-0.25, -0.2) is 8.78 Å². The van der Waals surface area contributed by atoms with Gasteiger partial charge in [-0.2, -0.15) is 0 Å². The van der Waals surface area contributed by atoms with Gasteiger partial charge in [0.2, 0.25) is 5.78 Å². The number of ether oxygens (including phenoxy) is 3. The summed E-state index contributed by atoms with van der Waals surface area (Å²) in [6.45, 7) is 7.28. The highest BCUT2D eigenvalue weighted by molar-refractivity contribution is 6.01. The molecule has 0 radical (unpaired) electrons. The summed E-state index contributed by atoms with van der Waals surface area (Å²) in [4.78, 5) is 37.1. The molecule has 35 heavy (non-hydrogen) atoms. The Morgan fingerprint density at radius 2 is 1.89 bits per heavy atom. The van der Waals surface area contributed by atoms with Gasteiger partial charge in [0.15, 0.2) is 29.4 Å². The number of alkyl halides is 2. The Morgan fingerprint density at radius 3 is 2.54 bits per heavy atom. The minimum absolute atomic E-state index is 0.0406. The van der Waals surface area contributed by atoms with E-state index in [2.05, 4.69) is 0 Å². The van der Waals surface area contributed by atoms with Crippen LogP contribution in [0.5, 0.6) is 0 Å². The lowest BCUT2D eigenvalue weighted by atomic mass is 9.44. The van der Waals surface area contributed by atoms with Gasteiger partial charge in [-0.15, -0.1) is 0 Å². The highest BCUT2D eigenvalue weighted by Gasteiger charge is 2.80. The first kappa shape index (κ1) is 24.7. The molecule has 3 saturated carbocycles. The number of rotatable bonds is 3. The summed E-state index contributed by atoms with van der Waals surface area (Å²) >= 11 is 0. The molecule has 0 aromatic carbocycles. The van der Waals surface area contributed by atoms with E-state index in [0.29, 0.717) is 0 Å². The Labute approximate surface area is 202 Å². The molecule has 1 N–H and O–H groups in total. The molecule has 1 aliphatic heterocycles. The molecule has 0 spiro atoms. The van der Waals surface area contributed by atoms with Crippen LogP contribution in [0.1, 0.15) is 53.9 Å². The van der Waals surface area contributed by atoms with Crippen LogP contribution in [-0.4, -0.2) is 64.7 Å². The molecule has 1 saturated heterocycles. The zero-order valence-electron chi connectivity index (χ0n) is 20.6. The van der Waals surface area contributed by atoms with Gasteiger partial charge >= 0.3 is 5.97 Å². The van der Waals surface area contributed by atoms with E-state index in [4.69, 9.17) is 14.2 Å². The van der Waals surface area contributed by atoms with Crippen molar-refractivity contribution in [2.45, 2.75) is 89.3 Å². The largest absolute Gasteiger partial charge is 0.458 e. The molecule has 7 nitrogen and oxygen atoms in total. The molecular weight excluding hydrogens is 462 g/mol. The smallest absolute Gasteiger partial charge is 0.303 e. The molecule has 5 rings (SSSR count). The predicted octanol–water partition coefficient (Wildman–Crippen LogP) is 2.94. The van der Waals surface area contributed by atoms with Crippen molar-refractivity contribution in [3.05, 3.63) is 23.8 Å². The number of aliphatic hydroxyl groups excluding tert-OH is 1. The van der Waals surface area contributed by atoms with Crippen molar-refractivity contribution in [3.8, 4) is 0 Å². The van der Waals surface area contributed by atoms with Crippen LogP contribution in [0.25, 0.3) is 0 Å². The van der Waals surface area contributed by atoms with Gasteiger partial charge in [0, 0.05) is 23.7 Å². The van der Waals surface area contributed by atoms with Crippen LogP contribution in [-0.2, 0) is 28.6 Å². The lowest BCUT2D eigenvalue weighted by Crippen LogP contribution is -2.71. The number of carbonyl (C=O) groups is 3. The first-order chi connectivity index (χ1) is 16.1. The van der Waals surface area contributed by atoms with Gasteiger partial charge in [-0.1, -0.05) is 13.0 Å². The van der Waals surface area contributed by atoms with Crippen LogP contribution in [0.3, 0.4) is 0 Å². The van der Waals surface area contributed by atoms with E-state index in [1.165, 1.54) is 26.0 Å². The van der Waals surface area contributed by atoms with Gasteiger partial charge < -0.3 is 19.3 Å². The van der Waals surface area contributed by atoms with Gasteiger partial charge in [0.05, 0.1) is 12.2 Å². The van der Waals surface area contributed by atoms with Crippen molar-refractivity contribution in [2.75, 3.05) is 6.61 Å². The van der Waals surface area contributed by atoms with E-state index in [9.17, 15) is 19.5 Å². The highest BCUT2D eigenvalue weighted by Crippen LogP contribution is 2.72. The molecule has 5 aliphatic rings. The lowest BCUT2D eigenvalue weighted by molar-refractivity contribution is -0.249. The third kappa shape index (κ3) is 2.95. The van der Waals surface area contributed by atoms with Crippen molar-refractivity contribution >= 4 is 17.5 Å². The van der Waals surface area contributed by atoms with Crippen LogP contribution < -0.4 is 0 Å². The highest BCUT2D eigenvalue weighted by atomic mass is 19.1. The van der Waals surface area contributed by atoms with Crippen LogP contribution >= 0.6 is 0 Å². The number of ketones is 2. The average Bonchev–Trinajstić information content (AvgIpc) is 3.16. The minimum Gasteiger partial charge on any atom is -0.458 e. The van der Waals surface area contributed by atoms with E-state index in [1.54, 1.807) is 20.8 Å². The molecule has 0 aromatic rings. The topological polar surface area (TPSA) is 99.1 Å². The number of halogens is 2. The van der Waals surface area contributed by atoms with Crippen molar-refractivity contribution in [1.29, 1.82) is 0 Å². The molecule has 9 heteroatoms. The van der Waals surface area contributed by atoms with Crippen molar-refractivity contribution in [1.82, 2.24) is 0 Å². The Balaban J connectivity index is 1.62. The predicted molar refractivity (Wildman–Crippen MR) is 118 cm³/mol. The van der Waals surface area contributed by atoms with Gasteiger partial charge in [-0.3, -0.25) is 14.4 Å². The fraction of sp³-hybridized carbons (Fsp3) is 0.731. The number of fused-ring (bicyclic) bond motifs is 7. The fourth-order valence-corrected chi connectivity index (χ4v) is 8.08. The normalized spacial score (nSPS) is 49.4. The molecular formula is C26H32F2O7. The lowest BCUT2D eigenvalue weighted by Gasteiger charge is -2.63. The Kier molecular flexibility index (Phi) is 5.15. The zero-order valence-corrected chi connectivity index (χ0v) is 20.6. The van der Waals surface area contributed by atoms with E-state index in [-0.39, 0.29) is 24.8 Å². The third-order valence-corrected chi connectivity index (χ3v) is 9.44. The molecule has 192 valence electrons. The SMILES string of the molecule is CC(=O)OCC(=O)[C@@]12OC(C)(C)O[C@@H]1C[C@@H]1[C@@H]3C[C@H](F)C4=CC(=O)C=C[C@]4(C)[C@@]3(F)[C@@H](O)C[C@@]12C. The summed E-state index contributed by atoms with van der Waals surface area (Å²) in [6, 6.07) is 0. The van der Waals surface area contributed by atoms with E-state index >= 15 is 8.78 Å². The quantitative estimate of drug-likeness (QED) is 0.603. The maximum Gasteiger partial charge on any atom is 0.303 e. The maximum atomic E-state index is 17.3. The van der Waals surface area contributed by atoms with Gasteiger partial charge in [0.1, 0.15) is 6.17 Å². The number of esters is 1. The molecule has 1 heterocycles. The molecule has 0 amide bonds. The maximum absolute atomic E-state index is 17.3. The molecule has 0 bridgehead atoms. The monoisotopic (exact) mass is 494 g/mol. The van der Waals surface area contributed by atoms with Crippen molar-refractivity contribution < 1.29 is 42.5 Å². The second-order valence-electron chi connectivity index (χ2n) is 11.6. The molecule has 9 atom stereocenters. The molecule has 0 aromatic heterocycles. The number of aliphatic hydroxyl groups is 1. The van der Waals surface area contributed by atoms with Crippen molar-refractivity contribution in [3.63, 3.8) is 0 Å². The number of carbonyl (C=O) groups excluding carboxylic acids is 3. The molecule has 4 fully saturated rings. The summed E-state index contributed by atoms with van der Waals surface area (Å²) in [6.07, 6.45) is -0.345. The first-order valence-corrected chi connectivity index (χ1v) is 12.1. The summed E-state index contributed by atoms with van der Waals surface area (Å²) in [7, 11) is 0. The van der Waals surface area contributed by atoms with Crippen LogP contribution in [0.15, 0.2) is 23.8 Å². The first-order valence-electron chi connectivity index (χ1n) is 12.1. The van der Waals surface area contributed by atoms with E-state index < -0.39 is 82.2 Å². The Morgan fingerprint density at radius 1 is 1.20 bits per heavy atom. The second kappa shape index (κ2) is 7.29. The summed E-state index contributed by atoms with van der Waals surface area (Å²) < 4.78 is 50.3. The number of hydrogen-bond donors (Lipinski definition) is 1.